The van der Waals surface area contributed by atoms with Crippen molar-refractivity contribution >= 4 is 17.4 Å². The minimum Gasteiger partial charge on any atom is -0.368 e. The summed E-state index contributed by atoms with van der Waals surface area (Å²) in [6.07, 6.45) is 3.69. The average molecular weight is 350 g/mol. The van der Waals surface area contributed by atoms with Crippen LogP contribution >= 0.6 is 0 Å². The van der Waals surface area contributed by atoms with Crippen molar-refractivity contribution in [2.45, 2.75) is 13.3 Å². The summed E-state index contributed by atoms with van der Waals surface area (Å²) in [6.45, 7) is 2.59. The minimum atomic E-state index is -0.305. The van der Waals surface area contributed by atoms with Gasteiger partial charge in [-0.2, -0.15) is 0 Å². The molecule has 0 bridgehead atoms. The van der Waals surface area contributed by atoms with Crippen molar-refractivity contribution in [1.82, 2.24) is 9.97 Å². The molecule has 6 heteroatoms. The number of carbonyl (C=O) groups is 1. The molecule has 2 aromatic carbocycles. The van der Waals surface area contributed by atoms with E-state index in [9.17, 15) is 9.18 Å². The molecular weight excluding hydrogens is 331 g/mol. The van der Waals surface area contributed by atoms with Gasteiger partial charge in [-0.25, -0.2) is 14.4 Å². The van der Waals surface area contributed by atoms with Crippen molar-refractivity contribution in [3.8, 4) is 0 Å². The van der Waals surface area contributed by atoms with Gasteiger partial charge in [0, 0.05) is 12.2 Å². The highest BCUT2D eigenvalue weighted by Crippen LogP contribution is 2.11. The van der Waals surface area contributed by atoms with Gasteiger partial charge in [-0.3, -0.25) is 4.79 Å². The molecule has 1 aromatic heterocycles. The highest BCUT2D eigenvalue weighted by molar-refractivity contribution is 6.02. The molecule has 0 saturated heterocycles. The van der Waals surface area contributed by atoms with E-state index in [0.717, 1.165) is 23.2 Å². The summed E-state index contributed by atoms with van der Waals surface area (Å²) in [4.78, 5) is 20.6. The predicted octanol–water partition coefficient (Wildman–Crippen LogP) is 3.83. The van der Waals surface area contributed by atoms with Gasteiger partial charge in [0.1, 0.15) is 17.3 Å². The number of benzene rings is 2. The zero-order valence-corrected chi connectivity index (χ0v) is 14.4. The number of aryl methyl sites for hydroxylation is 1. The molecule has 0 aliphatic carbocycles. The second-order valence-electron chi connectivity index (χ2n) is 5.91. The molecule has 0 aliphatic rings. The Balaban J connectivity index is 1.52. The molecule has 1 amide bonds. The number of hydrogen-bond acceptors (Lipinski definition) is 4. The first-order valence-corrected chi connectivity index (χ1v) is 8.28. The number of halogens is 1. The van der Waals surface area contributed by atoms with E-state index in [2.05, 4.69) is 20.6 Å². The Labute approximate surface area is 151 Å². The molecule has 3 aromatic rings. The van der Waals surface area contributed by atoms with Crippen molar-refractivity contribution in [1.29, 1.82) is 0 Å². The monoisotopic (exact) mass is 350 g/mol. The van der Waals surface area contributed by atoms with E-state index in [1.807, 2.05) is 31.2 Å². The van der Waals surface area contributed by atoms with E-state index < -0.39 is 0 Å². The third-order valence-electron chi connectivity index (χ3n) is 3.79. The second-order valence-corrected chi connectivity index (χ2v) is 5.91. The largest absolute Gasteiger partial charge is 0.368 e. The number of amides is 1. The minimum absolute atomic E-state index is 0.243. The Hall–Kier alpha value is -3.28. The summed E-state index contributed by atoms with van der Waals surface area (Å²) < 4.78 is 12.9. The van der Waals surface area contributed by atoms with E-state index in [1.54, 1.807) is 12.1 Å². The van der Waals surface area contributed by atoms with Crippen molar-refractivity contribution < 1.29 is 9.18 Å². The lowest BCUT2D eigenvalue weighted by atomic mass is 10.1. The molecule has 1 heterocycles. The molecule has 3 rings (SSSR count). The maximum Gasteiger partial charge on any atom is 0.275 e. The van der Waals surface area contributed by atoms with Crippen LogP contribution in [-0.2, 0) is 6.42 Å². The molecule has 0 unspecified atom stereocenters. The van der Waals surface area contributed by atoms with E-state index in [-0.39, 0.29) is 17.4 Å². The summed E-state index contributed by atoms with van der Waals surface area (Å²) in [5.41, 5.74) is 3.06. The van der Waals surface area contributed by atoms with Crippen LogP contribution in [0.2, 0.25) is 0 Å². The van der Waals surface area contributed by atoms with Crippen LogP contribution < -0.4 is 10.6 Å². The van der Waals surface area contributed by atoms with Gasteiger partial charge in [-0.1, -0.05) is 24.3 Å². The Morgan fingerprint density at radius 2 is 1.88 bits per heavy atom. The van der Waals surface area contributed by atoms with E-state index in [0.29, 0.717) is 12.4 Å². The molecule has 5 nitrogen and oxygen atoms in total. The number of aromatic nitrogens is 2. The number of hydrogen-bond donors (Lipinski definition) is 2. The summed E-state index contributed by atoms with van der Waals surface area (Å²) in [5.74, 6) is 0.0345. The Kier molecular flexibility index (Phi) is 5.53. The van der Waals surface area contributed by atoms with Crippen molar-refractivity contribution in [3.05, 3.63) is 83.6 Å². The van der Waals surface area contributed by atoms with E-state index >= 15 is 0 Å². The van der Waals surface area contributed by atoms with Crippen LogP contribution in [0.5, 0.6) is 0 Å². The van der Waals surface area contributed by atoms with Gasteiger partial charge >= 0.3 is 0 Å². The first kappa shape index (κ1) is 17.5. The lowest BCUT2D eigenvalue weighted by molar-refractivity contribution is 0.102. The molecule has 0 atom stereocenters. The summed E-state index contributed by atoms with van der Waals surface area (Å²) in [5, 5.41) is 5.93. The fraction of sp³-hybridized carbons (Fsp3) is 0.150. The topological polar surface area (TPSA) is 66.9 Å². The van der Waals surface area contributed by atoms with Crippen LogP contribution in [0.3, 0.4) is 0 Å². The summed E-state index contributed by atoms with van der Waals surface area (Å²) in [6, 6.07) is 13.9. The van der Waals surface area contributed by atoms with Crippen molar-refractivity contribution in [3.63, 3.8) is 0 Å². The zero-order valence-electron chi connectivity index (χ0n) is 14.4. The number of anilines is 2. The van der Waals surface area contributed by atoms with E-state index in [4.69, 9.17) is 0 Å². The fourth-order valence-electron chi connectivity index (χ4n) is 2.44. The van der Waals surface area contributed by atoms with Gasteiger partial charge in [0.15, 0.2) is 0 Å². The quantitative estimate of drug-likeness (QED) is 0.709. The molecule has 2 N–H and O–H groups in total. The lowest BCUT2D eigenvalue weighted by Gasteiger charge is -2.07. The van der Waals surface area contributed by atoms with Crippen molar-refractivity contribution in [2.75, 3.05) is 17.2 Å². The third-order valence-corrected chi connectivity index (χ3v) is 3.79. The smallest absolute Gasteiger partial charge is 0.275 e. The zero-order chi connectivity index (χ0) is 18.4. The number of nitrogens with zero attached hydrogens (tertiary/aromatic N) is 2. The van der Waals surface area contributed by atoms with Gasteiger partial charge in [-0.15, -0.1) is 0 Å². The molecule has 0 fully saturated rings. The first-order valence-electron chi connectivity index (χ1n) is 8.28. The van der Waals surface area contributed by atoms with Crippen LogP contribution in [0, 0.1) is 12.7 Å². The van der Waals surface area contributed by atoms with Gasteiger partial charge in [0.2, 0.25) is 0 Å². The van der Waals surface area contributed by atoms with Gasteiger partial charge < -0.3 is 10.6 Å². The highest BCUT2D eigenvalue weighted by Gasteiger charge is 2.08. The van der Waals surface area contributed by atoms with Gasteiger partial charge in [0.25, 0.3) is 5.91 Å². The Bertz CT molecular complexity index is 879. The molecule has 0 aliphatic heterocycles. The standard InChI is InChI=1S/C20H19FN4O/c1-14-3-2-4-17(11-14)25-20(26)18-12-24-19(13-23-18)22-10-9-15-5-7-16(21)8-6-15/h2-8,11-13H,9-10H2,1H3,(H,22,24)(H,25,26). The highest BCUT2D eigenvalue weighted by atomic mass is 19.1. The van der Waals surface area contributed by atoms with Crippen LogP contribution in [0.15, 0.2) is 60.9 Å². The molecule has 0 spiro atoms. The molecule has 0 radical (unpaired) electrons. The predicted molar refractivity (Wildman–Crippen MR) is 99.8 cm³/mol. The third kappa shape index (κ3) is 4.86. The Morgan fingerprint density at radius 3 is 2.58 bits per heavy atom. The van der Waals surface area contributed by atoms with Crippen LogP contribution in [-0.4, -0.2) is 22.4 Å². The summed E-state index contributed by atoms with van der Waals surface area (Å²) >= 11 is 0. The molecule has 26 heavy (non-hydrogen) atoms. The van der Waals surface area contributed by atoms with Crippen LogP contribution in [0.25, 0.3) is 0 Å². The number of rotatable bonds is 6. The van der Waals surface area contributed by atoms with E-state index in [1.165, 1.54) is 24.5 Å². The average Bonchev–Trinajstić information content (AvgIpc) is 2.64. The Morgan fingerprint density at radius 1 is 1.08 bits per heavy atom. The van der Waals surface area contributed by atoms with Gasteiger partial charge in [0.05, 0.1) is 12.4 Å². The van der Waals surface area contributed by atoms with Crippen LogP contribution in [0.1, 0.15) is 21.6 Å². The molecule has 132 valence electrons. The maximum atomic E-state index is 12.9. The second kappa shape index (κ2) is 8.20. The molecular formula is C20H19FN4O. The fourth-order valence-corrected chi connectivity index (χ4v) is 2.44. The maximum absolute atomic E-state index is 12.9. The summed E-state index contributed by atoms with van der Waals surface area (Å²) in [7, 11) is 0. The van der Waals surface area contributed by atoms with Crippen LogP contribution in [0.4, 0.5) is 15.9 Å². The normalized spacial score (nSPS) is 10.4. The first-order chi connectivity index (χ1) is 12.6. The number of nitrogens with one attached hydrogen (secondary N) is 2. The molecule has 0 saturated carbocycles. The lowest BCUT2D eigenvalue weighted by Crippen LogP contribution is -2.15. The SMILES string of the molecule is Cc1cccc(NC(=O)c2cnc(NCCc3ccc(F)cc3)cn2)c1. The van der Waals surface area contributed by atoms with Crippen molar-refractivity contribution in [2.24, 2.45) is 0 Å². The number of carbonyl (C=O) groups excluding carboxylic acids is 1. The van der Waals surface area contributed by atoms with Gasteiger partial charge in [-0.05, 0) is 48.7 Å².